The van der Waals surface area contributed by atoms with Crippen LogP contribution in [0.15, 0.2) is 16.7 Å². The van der Waals surface area contributed by atoms with E-state index in [0.717, 1.165) is 0 Å². The first-order chi connectivity index (χ1) is 8.79. The van der Waals surface area contributed by atoms with Gasteiger partial charge in [0.05, 0.1) is 13.4 Å². The number of methoxy groups -OCH3 is 1. The van der Waals surface area contributed by atoms with Crippen LogP contribution in [-0.4, -0.2) is 34.9 Å². The first-order valence-electron chi connectivity index (χ1n) is 5.56. The predicted octanol–water partition coefficient (Wildman–Crippen LogP) is 1.49. The van der Waals surface area contributed by atoms with Crippen LogP contribution in [0.4, 0.5) is 0 Å². The lowest BCUT2D eigenvalue weighted by Gasteiger charge is -2.27. The van der Waals surface area contributed by atoms with Crippen LogP contribution in [0, 0.1) is 0 Å². The van der Waals surface area contributed by atoms with Crippen LogP contribution in [0.5, 0.6) is 0 Å². The third-order valence-electron chi connectivity index (χ3n) is 2.73. The summed E-state index contributed by atoms with van der Waals surface area (Å²) in [4.78, 5) is 22.3. The highest BCUT2D eigenvalue weighted by Gasteiger charge is 2.33. The van der Waals surface area contributed by atoms with Crippen molar-refractivity contribution in [3.8, 4) is 0 Å². The molecule has 3 N–H and O–H groups in total. The van der Waals surface area contributed by atoms with Crippen molar-refractivity contribution >= 4 is 23.7 Å². The molecular weight excluding hydrogens is 270 g/mol. The van der Waals surface area contributed by atoms with Crippen LogP contribution in [0.1, 0.15) is 30.0 Å². The monoisotopic (exact) mass is 287 g/mol. The third-order valence-corrected chi connectivity index (χ3v) is 4.19. The average molecular weight is 287 g/mol. The van der Waals surface area contributed by atoms with Crippen molar-refractivity contribution in [3.63, 3.8) is 0 Å². The van der Waals surface area contributed by atoms with Gasteiger partial charge in [-0.2, -0.15) is 0 Å². The highest BCUT2D eigenvalue weighted by Crippen LogP contribution is 2.32. The summed E-state index contributed by atoms with van der Waals surface area (Å²) in [5, 5.41) is 8.92. The normalized spacial score (nSPS) is 13.1. The molecular formula is C12H17NO5S. The zero-order chi connectivity index (χ0) is 14.6. The maximum Gasteiger partial charge on any atom is 0.374 e. The topological polar surface area (TPSA) is 103 Å². The van der Waals surface area contributed by atoms with Crippen molar-refractivity contribution < 1.29 is 23.8 Å². The number of thioether (sulfide) groups is 1. The van der Waals surface area contributed by atoms with Crippen LogP contribution in [0.2, 0.25) is 0 Å². The molecule has 106 valence electrons. The molecule has 1 rings (SSSR count). The number of hydrogen-bond acceptors (Lipinski definition) is 6. The Balaban J connectivity index is 2.74. The fourth-order valence-corrected chi connectivity index (χ4v) is 2.41. The zero-order valence-corrected chi connectivity index (χ0v) is 11.8. The Kier molecular flexibility index (Phi) is 5.02. The Morgan fingerprint density at radius 2 is 2.21 bits per heavy atom. The van der Waals surface area contributed by atoms with Gasteiger partial charge in [0.25, 0.3) is 0 Å². The second kappa shape index (κ2) is 6.12. The summed E-state index contributed by atoms with van der Waals surface area (Å²) in [5.74, 6) is -1.07. The molecule has 1 aromatic rings. The molecule has 1 atom stereocenters. The van der Waals surface area contributed by atoms with Crippen LogP contribution in [0.25, 0.3) is 0 Å². The molecule has 0 aliphatic carbocycles. The Hall–Kier alpha value is -1.47. The van der Waals surface area contributed by atoms with Gasteiger partial charge in [0.2, 0.25) is 5.76 Å². The maximum absolute atomic E-state index is 11.4. The first kappa shape index (κ1) is 15.6. The van der Waals surface area contributed by atoms with E-state index in [-0.39, 0.29) is 5.76 Å². The number of carboxylic acid groups (broad SMARTS) is 1. The molecule has 0 unspecified atom stereocenters. The number of carbonyl (C=O) groups is 2. The molecule has 0 saturated heterocycles. The standard InChI is InChI=1S/C12H17NO5S/c1-12(2,9(13)10(14)15)19-6-7-4-5-18-8(7)11(16)17-3/h4-5,9H,6,13H2,1-3H3,(H,14,15)/t9-/m0/s1. The van der Waals surface area contributed by atoms with Crippen molar-refractivity contribution in [3.05, 3.63) is 23.7 Å². The lowest BCUT2D eigenvalue weighted by Crippen LogP contribution is -2.46. The second-order valence-corrected chi connectivity index (χ2v) is 6.10. The number of carbonyl (C=O) groups excluding carboxylic acids is 1. The minimum atomic E-state index is -1.06. The van der Waals surface area contributed by atoms with Gasteiger partial charge in [-0.15, -0.1) is 11.8 Å². The van der Waals surface area contributed by atoms with Crippen molar-refractivity contribution in [1.82, 2.24) is 0 Å². The van der Waals surface area contributed by atoms with Gasteiger partial charge in [0.15, 0.2) is 0 Å². The number of nitrogens with two attached hydrogens (primary N) is 1. The Morgan fingerprint density at radius 1 is 1.58 bits per heavy atom. The highest BCUT2D eigenvalue weighted by atomic mass is 32.2. The van der Waals surface area contributed by atoms with Gasteiger partial charge in [0, 0.05) is 16.1 Å². The van der Waals surface area contributed by atoms with E-state index in [1.807, 2.05) is 0 Å². The summed E-state index contributed by atoms with van der Waals surface area (Å²) >= 11 is 1.34. The fourth-order valence-electron chi connectivity index (χ4n) is 1.37. The van der Waals surface area contributed by atoms with E-state index < -0.39 is 22.7 Å². The fraction of sp³-hybridized carbons (Fsp3) is 0.500. The van der Waals surface area contributed by atoms with E-state index >= 15 is 0 Å². The van der Waals surface area contributed by atoms with Crippen molar-refractivity contribution in [1.29, 1.82) is 0 Å². The van der Waals surface area contributed by atoms with E-state index in [4.69, 9.17) is 15.3 Å². The Bertz CT molecular complexity index is 468. The molecule has 7 heteroatoms. The second-order valence-electron chi connectivity index (χ2n) is 4.47. The number of esters is 1. The number of ether oxygens (including phenoxy) is 1. The molecule has 0 saturated carbocycles. The van der Waals surface area contributed by atoms with E-state index in [1.165, 1.54) is 25.1 Å². The summed E-state index contributed by atoms with van der Waals surface area (Å²) < 4.78 is 8.98. The number of hydrogen-bond donors (Lipinski definition) is 2. The van der Waals surface area contributed by atoms with E-state index in [2.05, 4.69) is 4.74 Å². The van der Waals surface area contributed by atoms with E-state index in [0.29, 0.717) is 11.3 Å². The lowest BCUT2D eigenvalue weighted by atomic mass is 10.1. The Labute approximate surface area is 115 Å². The molecule has 0 aromatic carbocycles. The molecule has 0 radical (unpaired) electrons. The molecule has 0 fully saturated rings. The van der Waals surface area contributed by atoms with Crippen molar-refractivity contribution in [2.24, 2.45) is 5.73 Å². The molecule has 1 aromatic heterocycles. The van der Waals surface area contributed by atoms with E-state index in [9.17, 15) is 9.59 Å². The molecule has 0 bridgehead atoms. The predicted molar refractivity (Wildman–Crippen MR) is 71.0 cm³/mol. The molecule has 1 heterocycles. The van der Waals surface area contributed by atoms with Crippen LogP contribution >= 0.6 is 11.8 Å². The van der Waals surface area contributed by atoms with Gasteiger partial charge in [0.1, 0.15) is 6.04 Å². The quantitative estimate of drug-likeness (QED) is 0.764. The summed E-state index contributed by atoms with van der Waals surface area (Å²) in [6.45, 7) is 3.49. The SMILES string of the molecule is COC(=O)c1occc1CSC(C)(C)[C@@H](N)C(=O)O. The van der Waals surface area contributed by atoms with Crippen LogP contribution in [0.3, 0.4) is 0 Å². The lowest BCUT2D eigenvalue weighted by molar-refractivity contribution is -0.139. The summed E-state index contributed by atoms with van der Waals surface area (Å²) in [7, 11) is 1.27. The number of rotatable bonds is 6. The van der Waals surface area contributed by atoms with Gasteiger partial charge < -0.3 is 20.0 Å². The van der Waals surface area contributed by atoms with Crippen LogP contribution in [-0.2, 0) is 15.3 Å². The van der Waals surface area contributed by atoms with E-state index in [1.54, 1.807) is 19.9 Å². The van der Waals surface area contributed by atoms with Gasteiger partial charge in [-0.1, -0.05) is 0 Å². The molecule has 0 amide bonds. The smallest absolute Gasteiger partial charge is 0.374 e. The molecule has 0 spiro atoms. The zero-order valence-electron chi connectivity index (χ0n) is 11.0. The number of carboxylic acids is 1. The largest absolute Gasteiger partial charge is 0.480 e. The molecule has 0 aliphatic rings. The summed E-state index contributed by atoms with van der Waals surface area (Å²) in [6.07, 6.45) is 1.40. The maximum atomic E-state index is 11.4. The van der Waals surface area contributed by atoms with Crippen LogP contribution < -0.4 is 5.73 Å². The molecule has 0 aliphatic heterocycles. The first-order valence-corrected chi connectivity index (χ1v) is 6.55. The van der Waals surface area contributed by atoms with Gasteiger partial charge in [-0.25, -0.2) is 4.79 Å². The number of furan rings is 1. The van der Waals surface area contributed by atoms with Gasteiger partial charge >= 0.3 is 11.9 Å². The average Bonchev–Trinajstić information content (AvgIpc) is 2.82. The summed E-state index contributed by atoms with van der Waals surface area (Å²) in [5.41, 5.74) is 6.28. The minimum absolute atomic E-state index is 0.134. The van der Waals surface area contributed by atoms with Crippen molar-refractivity contribution in [2.75, 3.05) is 7.11 Å². The molecule has 19 heavy (non-hydrogen) atoms. The summed E-state index contributed by atoms with van der Waals surface area (Å²) in [6, 6.07) is 0.660. The van der Waals surface area contributed by atoms with Gasteiger partial charge in [-0.3, -0.25) is 4.79 Å². The third kappa shape index (κ3) is 3.74. The Morgan fingerprint density at radius 3 is 2.74 bits per heavy atom. The number of aliphatic carboxylic acids is 1. The van der Waals surface area contributed by atoms with Crippen molar-refractivity contribution in [2.45, 2.75) is 30.4 Å². The highest BCUT2D eigenvalue weighted by molar-refractivity contribution is 7.99. The minimum Gasteiger partial charge on any atom is -0.480 e. The van der Waals surface area contributed by atoms with Gasteiger partial charge in [-0.05, 0) is 19.9 Å². The molecule has 6 nitrogen and oxygen atoms in total.